The number of aliphatic hydroxyl groups is 1. The number of piperazine rings is 1. The van der Waals surface area contributed by atoms with Crippen LogP contribution in [0.3, 0.4) is 0 Å². The second kappa shape index (κ2) is 8.78. The summed E-state index contributed by atoms with van der Waals surface area (Å²) in [6, 6.07) is -0.332. The highest BCUT2D eigenvalue weighted by Gasteiger charge is 2.38. The largest absolute Gasteiger partial charge is 0.388 e. The average molecular weight is 341 g/mol. The van der Waals surface area contributed by atoms with Crippen LogP contribution in [-0.4, -0.2) is 84.3 Å². The number of ether oxygens (including phenoxy) is 1. The Morgan fingerprint density at radius 1 is 1.21 bits per heavy atom. The van der Waals surface area contributed by atoms with Crippen molar-refractivity contribution in [1.29, 1.82) is 0 Å². The second-order valence-electron chi connectivity index (χ2n) is 6.80. The molecule has 2 amide bonds. The third kappa shape index (κ3) is 4.68. The first kappa shape index (κ1) is 19.1. The Balaban J connectivity index is 1.78. The fourth-order valence-electron chi connectivity index (χ4n) is 3.43. The molecule has 2 aliphatic rings. The van der Waals surface area contributed by atoms with Crippen molar-refractivity contribution >= 4 is 11.8 Å². The lowest BCUT2D eigenvalue weighted by molar-refractivity contribution is -0.130. The molecular weight excluding hydrogens is 310 g/mol. The van der Waals surface area contributed by atoms with E-state index in [1.54, 1.807) is 6.92 Å². The van der Waals surface area contributed by atoms with Gasteiger partial charge in [0.05, 0.1) is 18.8 Å². The number of carbonyl (C=O) groups excluding carboxylic acids is 2. The molecule has 3 unspecified atom stereocenters. The number of aliphatic hydroxyl groups excluding tert-OH is 1. The second-order valence-corrected chi connectivity index (χ2v) is 6.80. The third-order valence-electron chi connectivity index (χ3n) is 5.22. The first-order valence-corrected chi connectivity index (χ1v) is 9.04. The lowest BCUT2D eigenvalue weighted by atomic mass is 10.0. The van der Waals surface area contributed by atoms with Crippen molar-refractivity contribution in [2.24, 2.45) is 5.92 Å². The molecule has 0 saturated carbocycles. The molecule has 0 radical (unpaired) electrons. The van der Waals surface area contributed by atoms with Crippen LogP contribution in [0.1, 0.15) is 33.6 Å². The van der Waals surface area contributed by atoms with E-state index in [2.05, 4.69) is 10.2 Å². The standard InChI is InChI=1S/C17H31N3O4/c1-4-13(5-2)17(23)18-14-11-24-15(16(14)22)10-19-6-8-20(9-7-19)12(3)21/h13-16,22H,4-11H2,1-3H3,(H,18,23). The Hall–Kier alpha value is -1.18. The van der Waals surface area contributed by atoms with Crippen LogP contribution in [-0.2, 0) is 14.3 Å². The predicted molar refractivity (Wildman–Crippen MR) is 90.4 cm³/mol. The van der Waals surface area contributed by atoms with E-state index in [1.165, 1.54) is 0 Å². The maximum Gasteiger partial charge on any atom is 0.223 e. The van der Waals surface area contributed by atoms with Gasteiger partial charge in [0.1, 0.15) is 6.10 Å². The molecule has 0 bridgehead atoms. The number of carbonyl (C=O) groups is 2. The van der Waals surface area contributed by atoms with Crippen molar-refractivity contribution in [2.45, 2.75) is 51.9 Å². The summed E-state index contributed by atoms with van der Waals surface area (Å²) in [6.45, 7) is 9.58. The van der Waals surface area contributed by atoms with Crippen molar-refractivity contribution in [3.8, 4) is 0 Å². The van der Waals surface area contributed by atoms with E-state index in [-0.39, 0.29) is 29.9 Å². The summed E-state index contributed by atoms with van der Waals surface area (Å²) in [5.41, 5.74) is 0. The molecule has 2 heterocycles. The number of nitrogens with zero attached hydrogens (tertiary/aromatic N) is 2. The Morgan fingerprint density at radius 3 is 2.38 bits per heavy atom. The highest BCUT2D eigenvalue weighted by Crippen LogP contribution is 2.18. The third-order valence-corrected chi connectivity index (χ3v) is 5.22. The number of nitrogens with one attached hydrogen (secondary N) is 1. The van der Waals surface area contributed by atoms with Crippen LogP contribution in [0.5, 0.6) is 0 Å². The van der Waals surface area contributed by atoms with E-state index in [0.717, 1.165) is 25.9 Å². The quantitative estimate of drug-likeness (QED) is 0.701. The van der Waals surface area contributed by atoms with Crippen molar-refractivity contribution in [1.82, 2.24) is 15.1 Å². The van der Waals surface area contributed by atoms with Gasteiger partial charge >= 0.3 is 0 Å². The zero-order valence-corrected chi connectivity index (χ0v) is 15.0. The van der Waals surface area contributed by atoms with Gasteiger partial charge in [0.2, 0.25) is 11.8 Å². The van der Waals surface area contributed by atoms with Gasteiger partial charge in [-0.2, -0.15) is 0 Å². The minimum Gasteiger partial charge on any atom is -0.388 e. The SMILES string of the molecule is CCC(CC)C(=O)NC1COC(CN2CCN(C(C)=O)CC2)C1O. The molecule has 0 aromatic heterocycles. The Bertz CT molecular complexity index is 434. The molecule has 3 atom stereocenters. The van der Waals surface area contributed by atoms with Gasteiger partial charge in [-0.1, -0.05) is 13.8 Å². The monoisotopic (exact) mass is 341 g/mol. The normalized spacial score (nSPS) is 28.4. The number of hydrogen-bond donors (Lipinski definition) is 2. The van der Waals surface area contributed by atoms with Gasteiger partial charge in [-0.05, 0) is 12.8 Å². The molecule has 7 heteroatoms. The van der Waals surface area contributed by atoms with Crippen LogP contribution >= 0.6 is 0 Å². The molecule has 2 aliphatic heterocycles. The summed E-state index contributed by atoms with van der Waals surface area (Å²) >= 11 is 0. The lowest BCUT2D eigenvalue weighted by Crippen LogP contribution is -2.52. The van der Waals surface area contributed by atoms with Gasteiger partial charge in [-0.3, -0.25) is 14.5 Å². The van der Waals surface area contributed by atoms with E-state index in [9.17, 15) is 14.7 Å². The molecule has 0 aliphatic carbocycles. The van der Waals surface area contributed by atoms with E-state index in [0.29, 0.717) is 26.2 Å². The molecule has 2 saturated heterocycles. The van der Waals surface area contributed by atoms with Crippen molar-refractivity contribution in [3.05, 3.63) is 0 Å². The number of rotatable bonds is 6. The minimum absolute atomic E-state index is 0.00312. The van der Waals surface area contributed by atoms with Gasteiger partial charge in [0.25, 0.3) is 0 Å². The molecule has 0 aromatic rings. The lowest BCUT2D eigenvalue weighted by Gasteiger charge is -2.35. The summed E-state index contributed by atoms with van der Waals surface area (Å²) in [4.78, 5) is 27.6. The summed E-state index contributed by atoms with van der Waals surface area (Å²) in [5, 5.41) is 13.4. The first-order valence-electron chi connectivity index (χ1n) is 9.04. The van der Waals surface area contributed by atoms with E-state index < -0.39 is 6.10 Å². The number of amides is 2. The van der Waals surface area contributed by atoms with Gasteiger partial charge in [0.15, 0.2) is 0 Å². The van der Waals surface area contributed by atoms with Crippen molar-refractivity contribution in [2.75, 3.05) is 39.3 Å². The molecule has 24 heavy (non-hydrogen) atoms. The summed E-state index contributed by atoms with van der Waals surface area (Å²) in [7, 11) is 0. The van der Waals surface area contributed by atoms with Crippen LogP contribution in [0.15, 0.2) is 0 Å². The molecule has 138 valence electrons. The Morgan fingerprint density at radius 2 is 1.83 bits per heavy atom. The average Bonchev–Trinajstić information content (AvgIpc) is 2.90. The van der Waals surface area contributed by atoms with Crippen LogP contribution in [0.4, 0.5) is 0 Å². The van der Waals surface area contributed by atoms with Crippen molar-refractivity contribution < 1.29 is 19.4 Å². The number of hydrogen-bond acceptors (Lipinski definition) is 5. The zero-order valence-electron chi connectivity index (χ0n) is 15.0. The molecule has 0 aromatic carbocycles. The highest BCUT2D eigenvalue weighted by molar-refractivity contribution is 5.79. The van der Waals surface area contributed by atoms with Gasteiger partial charge in [0, 0.05) is 45.6 Å². The molecule has 2 N–H and O–H groups in total. The smallest absolute Gasteiger partial charge is 0.223 e. The molecule has 2 rings (SSSR count). The minimum atomic E-state index is -0.686. The molecule has 7 nitrogen and oxygen atoms in total. The maximum absolute atomic E-state index is 12.2. The zero-order chi connectivity index (χ0) is 17.7. The maximum atomic E-state index is 12.2. The summed E-state index contributed by atoms with van der Waals surface area (Å²) in [6.07, 6.45) is 0.626. The predicted octanol–water partition coefficient (Wildman–Crippen LogP) is -0.169. The molecule has 2 fully saturated rings. The summed E-state index contributed by atoms with van der Waals surface area (Å²) < 4.78 is 5.72. The molecular formula is C17H31N3O4. The molecule has 0 spiro atoms. The van der Waals surface area contributed by atoms with Gasteiger partial charge in [-0.25, -0.2) is 0 Å². The Kier molecular flexibility index (Phi) is 7.01. The first-order chi connectivity index (χ1) is 11.5. The van der Waals surface area contributed by atoms with Crippen molar-refractivity contribution in [3.63, 3.8) is 0 Å². The van der Waals surface area contributed by atoms with Crippen LogP contribution in [0.25, 0.3) is 0 Å². The van der Waals surface area contributed by atoms with E-state index in [4.69, 9.17) is 4.74 Å². The van der Waals surface area contributed by atoms with E-state index in [1.807, 2.05) is 18.7 Å². The fraction of sp³-hybridized carbons (Fsp3) is 0.882. The highest BCUT2D eigenvalue weighted by atomic mass is 16.5. The summed E-state index contributed by atoms with van der Waals surface area (Å²) in [5.74, 6) is 0.107. The fourth-order valence-corrected chi connectivity index (χ4v) is 3.43. The van der Waals surface area contributed by atoms with E-state index >= 15 is 0 Å². The van der Waals surface area contributed by atoms with Crippen LogP contribution in [0.2, 0.25) is 0 Å². The van der Waals surface area contributed by atoms with Gasteiger partial charge < -0.3 is 20.1 Å². The van der Waals surface area contributed by atoms with Crippen LogP contribution in [0, 0.1) is 5.92 Å². The van der Waals surface area contributed by atoms with Gasteiger partial charge in [-0.15, -0.1) is 0 Å². The topological polar surface area (TPSA) is 82.1 Å². The Labute approximate surface area is 144 Å². The van der Waals surface area contributed by atoms with Crippen LogP contribution < -0.4 is 5.32 Å².